The minimum Gasteiger partial charge on any atom is -0.462 e. The molecular formula is C45H31NO3S2. The molecule has 246 valence electrons. The molecule has 0 unspecified atom stereocenters. The van der Waals surface area contributed by atoms with Crippen LogP contribution >= 0.6 is 23.1 Å². The maximum atomic E-state index is 14.9. The molecule has 51 heavy (non-hydrogen) atoms. The van der Waals surface area contributed by atoms with Crippen LogP contribution in [-0.4, -0.2) is 22.8 Å². The van der Waals surface area contributed by atoms with E-state index >= 15 is 0 Å². The lowest BCUT2D eigenvalue weighted by Gasteiger charge is -2.21. The highest BCUT2D eigenvalue weighted by atomic mass is 32.2. The van der Waals surface area contributed by atoms with Crippen molar-refractivity contribution in [2.24, 2.45) is 0 Å². The molecule has 0 aliphatic carbocycles. The minimum atomic E-state index is -0.433. The topological polar surface area (TPSA) is 47.8 Å². The van der Waals surface area contributed by atoms with Gasteiger partial charge in [-0.15, -0.1) is 23.1 Å². The van der Waals surface area contributed by atoms with Crippen LogP contribution in [0.3, 0.4) is 0 Å². The number of hydrogen-bond donors (Lipinski definition) is 0. The fourth-order valence-corrected chi connectivity index (χ4v) is 10.3. The van der Waals surface area contributed by atoms with Crippen molar-refractivity contribution in [3.05, 3.63) is 179 Å². The first-order chi connectivity index (χ1) is 25.1. The second-order valence-electron chi connectivity index (χ2n) is 12.5. The Morgan fingerprint density at radius 3 is 1.86 bits per heavy atom. The van der Waals surface area contributed by atoms with Gasteiger partial charge in [0.25, 0.3) is 0 Å². The van der Waals surface area contributed by atoms with E-state index < -0.39 is 5.97 Å². The van der Waals surface area contributed by atoms with Crippen molar-refractivity contribution in [3.8, 4) is 0 Å². The summed E-state index contributed by atoms with van der Waals surface area (Å²) < 4.78 is 8.69. The number of thioether (sulfide) groups is 1. The van der Waals surface area contributed by atoms with Crippen molar-refractivity contribution in [2.45, 2.75) is 16.4 Å². The van der Waals surface area contributed by atoms with Crippen LogP contribution < -0.4 is 0 Å². The smallest absolute Gasteiger partial charge is 0.341 e. The van der Waals surface area contributed by atoms with Crippen LogP contribution in [0.5, 0.6) is 0 Å². The summed E-state index contributed by atoms with van der Waals surface area (Å²) >= 11 is 3.21. The van der Waals surface area contributed by atoms with Crippen LogP contribution in [0.15, 0.2) is 156 Å². The maximum absolute atomic E-state index is 14.9. The summed E-state index contributed by atoms with van der Waals surface area (Å²) in [5.41, 5.74) is 4.96. The predicted octanol–water partition coefficient (Wildman–Crippen LogP) is 11.9. The fourth-order valence-electron chi connectivity index (χ4n) is 7.38. The Hall–Kier alpha value is -5.69. The first kappa shape index (κ1) is 31.3. The molecule has 0 aliphatic rings. The third-order valence-electron chi connectivity index (χ3n) is 9.62. The van der Waals surface area contributed by atoms with Crippen LogP contribution in [0, 0.1) is 0 Å². The molecule has 3 heterocycles. The number of esters is 1. The molecule has 0 aliphatic heterocycles. The first-order valence-corrected chi connectivity index (χ1v) is 18.7. The Labute approximate surface area is 302 Å². The molecule has 4 nitrogen and oxygen atoms in total. The second kappa shape index (κ2) is 12.9. The summed E-state index contributed by atoms with van der Waals surface area (Å²) in [7, 11) is 0. The number of ketones is 1. The third kappa shape index (κ3) is 5.22. The molecule has 0 amide bonds. The molecule has 0 bridgehead atoms. The summed E-state index contributed by atoms with van der Waals surface area (Å²) in [6.45, 7) is 2.04. The quantitative estimate of drug-likeness (QED) is 0.0901. The average Bonchev–Trinajstić information content (AvgIpc) is 3.72. The Morgan fingerprint density at radius 2 is 1.22 bits per heavy atom. The summed E-state index contributed by atoms with van der Waals surface area (Å²) in [4.78, 5) is 29.3. The molecule has 6 aromatic carbocycles. The van der Waals surface area contributed by atoms with E-state index in [1.807, 2.05) is 73.8 Å². The highest BCUT2D eigenvalue weighted by molar-refractivity contribution is 8.01. The number of hydrogen-bond acceptors (Lipinski definition) is 5. The van der Waals surface area contributed by atoms with Gasteiger partial charge in [-0.2, -0.15) is 0 Å². The molecule has 9 rings (SSSR count). The van der Waals surface area contributed by atoms with Gasteiger partial charge in [0.2, 0.25) is 5.78 Å². The van der Waals surface area contributed by atoms with Gasteiger partial charge in [-0.25, -0.2) is 4.79 Å². The van der Waals surface area contributed by atoms with Crippen molar-refractivity contribution >= 4 is 83.6 Å². The monoisotopic (exact) mass is 697 g/mol. The van der Waals surface area contributed by atoms with Crippen molar-refractivity contribution in [1.82, 2.24) is 4.40 Å². The van der Waals surface area contributed by atoms with Crippen LogP contribution in [0.1, 0.15) is 48.9 Å². The molecule has 0 N–H and O–H groups in total. The zero-order chi connectivity index (χ0) is 34.5. The van der Waals surface area contributed by atoms with Crippen molar-refractivity contribution in [1.29, 1.82) is 0 Å². The summed E-state index contributed by atoms with van der Waals surface area (Å²) in [6.07, 6.45) is 1.98. The molecular weight excluding hydrogens is 667 g/mol. The molecule has 0 saturated carbocycles. The maximum Gasteiger partial charge on any atom is 0.341 e. The van der Waals surface area contributed by atoms with Gasteiger partial charge in [-0.05, 0) is 62.5 Å². The second-order valence-corrected chi connectivity index (χ2v) is 14.9. The van der Waals surface area contributed by atoms with E-state index in [1.165, 1.54) is 44.0 Å². The Kier molecular flexibility index (Phi) is 7.91. The Balaban J connectivity index is 1.34. The number of benzene rings is 6. The molecule has 3 aromatic heterocycles. The van der Waals surface area contributed by atoms with Gasteiger partial charge in [0.15, 0.2) is 0 Å². The molecule has 0 spiro atoms. The molecule has 9 aromatic rings. The number of pyridine rings is 1. The lowest BCUT2D eigenvalue weighted by molar-refractivity contribution is 0.0531. The fraction of sp³-hybridized carbons (Fsp3) is 0.0667. The van der Waals surface area contributed by atoms with E-state index in [4.69, 9.17) is 4.74 Å². The summed E-state index contributed by atoms with van der Waals surface area (Å²) in [5, 5.41) is 7.07. The number of nitrogens with zero attached hydrogens (tertiary/aromatic N) is 1. The largest absolute Gasteiger partial charge is 0.462 e. The van der Waals surface area contributed by atoms with Gasteiger partial charge in [-0.1, -0.05) is 133 Å². The SMILES string of the molecule is CCOC(=O)c1c2c(C(=O)c3cccc4ccccc34)sc(SC(c3cccc4ccccc34)c3cccc4ccccc34)c2n2ccccc12. The predicted molar refractivity (Wildman–Crippen MR) is 212 cm³/mol. The lowest BCUT2D eigenvalue weighted by Crippen LogP contribution is -2.06. The Morgan fingerprint density at radius 1 is 0.667 bits per heavy atom. The highest BCUT2D eigenvalue weighted by Crippen LogP contribution is 2.52. The average molecular weight is 698 g/mol. The minimum absolute atomic E-state index is 0.109. The Bertz CT molecular complexity index is 2720. The van der Waals surface area contributed by atoms with Crippen molar-refractivity contribution in [2.75, 3.05) is 6.61 Å². The normalized spacial score (nSPS) is 11.7. The first-order valence-electron chi connectivity index (χ1n) is 17.0. The molecule has 0 radical (unpaired) electrons. The van der Waals surface area contributed by atoms with Crippen LogP contribution in [-0.2, 0) is 4.74 Å². The van der Waals surface area contributed by atoms with Crippen molar-refractivity contribution in [3.63, 3.8) is 0 Å². The highest BCUT2D eigenvalue weighted by Gasteiger charge is 2.32. The summed E-state index contributed by atoms with van der Waals surface area (Å²) in [5.74, 6) is -0.542. The number of carbonyl (C=O) groups excluding carboxylic acids is 2. The molecule has 0 atom stereocenters. The van der Waals surface area contributed by atoms with E-state index in [0.717, 1.165) is 26.0 Å². The number of ether oxygens (including phenoxy) is 1. The zero-order valence-corrected chi connectivity index (χ0v) is 29.3. The van der Waals surface area contributed by atoms with E-state index in [9.17, 15) is 9.59 Å². The third-order valence-corrected chi connectivity index (χ3v) is 12.3. The van der Waals surface area contributed by atoms with Crippen LogP contribution in [0.2, 0.25) is 0 Å². The van der Waals surface area contributed by atoms with E-state index in [1.54, 1.807) is 11.8 Å². The number of thiophene rings is 1. The summed E-state index contributed by atoms with van der Waals surface area (Å²) in [6, 6.07) is 49.6. The molecule has 0 fully saturated rings. The van der Waals surface area contributed by atoms with E-state index in [0.29, 0.717) is 21.4 Å². The van der Waals surface area contributed by atoms with Gasteiger partial charge in [0.1, 0.15) is 0 Å². The van der Waals surface area contributed by atoms with Gasteiger partial charge in [0.05, 0.1) is 37.5 Å². The zero-order valence-electron chi connectivity index (χ0n) is 27.7. The molecule has 6 heteroatoms. The van der Waals surface area contributed by atoms with Crippen LogP contribution in [0.4, 0.5) is 0 Å². The van der Waals surface area contributed by atoms with Crippen molar-refractivity contribution < 1.29 is 14.3 Å². The number of fused-ring (bicyclic) bond motifs is 6. The van der Waals surface area contributed by atoms with Gasteiger partial charge in [0, 0.05) is 17.1 Å². The van der Waals surface area contributed by atoms with Crippen LogP contribution in [0.25, 0.3) is 48.7 Å². The van der Waals surface area contributed by atoms with Gasteiger partial charge >= 0.3 is 5.97 Å². The van der Waals surface area contributed by atoms with Gasteiger partial charge in [-0.3, -0.25) is 4.79 Å². The van der Waals surface area contributed by atoms with Gasteiger partial charge < -0.3 is 9.14 Å². The number of rotatable bonds is 8. The van der Waals surface area contributed by atoms with E-state index in [-0.39, 0.29) is 17.6 Å². The number of aromatic nitrogens is 1. The number of carbonyl (C=O) groups is 2. The lowest BCUT2D eigenvalue weighted by atomic mass is 9.94. The van der Waals surface area contributed by atoms with E-state index in [2.05, 4.69) is 89.3 Å². The molecule has 0 saturated heterocycles. The standard InChI is InChI=1S/C45H31NO3S2/c1-2-49-44(48)38-37-26-9-10-27-46(37)40-39(38)43(41(47)34-23-11-17-28-14-3-6-20-31(28)34)51-45(40)50-42(35-24-12-18-29-15-4-7-21-32(29)35)36-25-13-19-30-16-5-8-22-33(30)36/h3-27,42H,2H2,1H3.